The summed E-state index contributed by atoms with van der Waals surface area (Å²) in [5.74, 6) is 0.0957. The van der Waals surface area contributed by atoms with Crippen molar-refractivity contribution < 1.29 is 9.59 Å². The van der Waals surface area contributed by atoms with Gasteiger partial charge in [-0.05, 0) is 64.2 Å². The molecule has 0 atom stereocenters. The van der Waals surface area contributed by atoms with Crippen LogP contribution < -0.4 is 10.2 Å². The van der Waals surface area contributed by atoms with Crippen LogP contribution in [0.2, 0.25) is 0 Å². The second-order valence-electron chi connectivity index (χ2n) is 8.90. The Morgan fingerprint density at radius 3 is 2.61 bits per heavy atom. The maximum atomic E-state index is 13.2. The summed E-state index contributed by atoms with van der Waals surface area (Å²) >= 11 is 0. The summed E-state index contributed by atoms with van der Waals surface area (Å²) in [5.41, 5.74) is 3.60. The molecule has 1 aromatic carbocycles. The quantitative estimate of drug-likeness (QED) is 0.708. The van der Waals surface area contributed by atoms with Crippen LogP contribution in [0.1, 0.15) is 53.8 Å². The number of aromatic nitrogens is 3. The Kier molecular flexibility index (Phi) is 4.76. The van der Waals surface area contributed by atoms with Gasteiger partial charge >= 0.3 is 0 Å². The van der Waals surface area contributed by atoms with E-state index in [1.54, 1.807) is 10.7 Å². The largest absolute Gasteiger partial charge is 0.349 e. The van der Waals surface area contributed by atoms with Crippen molar-refractivity contribution in [3.63, 3.8) is 0 Å². The standard InChI is InChI=1S/C24H27N5O2/c1-16-14-17(2)29-21(26-16)20(15-25-29)22(30)27-18-8-10-24(11-9-18)12-13-28(23(24)31)19-6-4-3-5-7-19/h3-7,14-15,18H,8-13H2,1-2H3,(H,27,30). The summed E-state index contributed by atoms with van der Waals surface area (Å²) in [5, 5.41) is 7.48. The lowest BCUT2D eigenvalue weighted by Gasteiger charge is -2.36. The number of para-hydroxylation sites is 1. The summed E-state index contributed by atoms with van der Waals surface area (Å²) in [4.78, 5) is 32.6. The molecule has 1 aliphatic heterocycles. The summed E-state index contributed by atoms with van der Waals surface area (Å²) in [6.45, 7) is 4.64. The average Bonchev–Trinajstić information content (AvgIpc) is 3.33. The fourth-order valence-electron chi connectivity index (χ4n) is 5.15. The monoisotopic (exact) mass is 417 g/mol. The van der Waals surface area contributed by atoms with Gasteiger partial charge in [0.1, 0.15) is 5.56 Å². The van der Waals surface area contributed by atoms with Crippen LogP contribution in [0.3, 0.4) is 0 Å². The third kappa shape index (κ3) is 3.38. The highest BCUT2D eigenvalue weighted by molar-refractivity contribution is 6.01. The second-order valence-corrected chi connectivity index (χ2v) is 8.90. The number of amides is 2. The molecule has 2 aromatic heterocycles. The van der Waals surface area contributed by atoms with Crippen molar-refractivity contribution in [2.75, 3.05) is 11.4 Å². The van der Waals surface area contributed by atoms with Crippen LogP contribution in [-0.2, 0) is 4.79 Å². The molecular formula is C24H27N5O2. The molecule has 1 N–H and O–H groups in total. The summed E-state index contributed by atoms with van der Waals surface area (Å²) in [6, 6.07) is 11.9. The van der Waals surface area contributed by atoms with Crippen LogP contribution in [0, 0.1) is 19.3 Å². The number of nitrogens with one attached hydrogen (secondary N) is 1. The van der Waals surface area contributed by atoms with Gasteiger partial charge in [-0.25, -0.2) is 9.50 Å². The first-order valence-electron chi connectivity index (χ1n) is 11.0. The lowest BCUT2D eigenvalue weighted by Crippen LogP contribution is -2.43. The number of rotatable bonds is 3. The zero-order chi connectivity index (χ0) is 21.6. The Labute approximate surface area is 181 Å². The Hall–Kier alpha value is -3.22. The van der Waals surface area contributed by atoms with Crippen molar-refractivity contribution in [3.05, 3.63) is 59.5 Å². The number of carbonyl (C=O) groups excluding carboxylic acids is 2. The Morgan fingerprint density at radius 2 is 1.87 bits per heavy atom. The highest BCUT2D eigenvalue weighted by atomic mass is 16.2. The van der Waals surface area contributed by atoms with Crippen LogP contribution in [-0.4, -0.2) is 39.0 Å². The molecule has 1 saturated carbocycles. The highest BCUT2D eigenvalue weighted by Crippen LogP contribution is 2.46. The van der Waals surface area contributed by atoms with Gasteiger partial charge in [-0.2, -0.15) is 5.10 Å². The third-order valence-electron chi connectivity index (χ3n) is 6.88. The van der Waals surface area contributed by atoms with Crippen molar-refractivity contribution in [1.29, 1.82) is 0 Å². The molecule has 1 saturated heterocycles. The zero-order valence-corrected chi connectivity index (χ0v) is 18.0. The Bertz CT molecular complexity index is 1150. The highest BCUT2D eigenvalue weighted by Gasteiger charge is 2.48. The summed E-state index contributed by atoms with van der Waals surface area (Å²) in [7, 11) is 0. The molecule has 5 rings (SSSR count). The van der Waals surface area contributed by atoms with Crippen LogP contribution in [0.5, 0.6) is 0 Å². The van der Waals surface area contributed by atoms with E-state index in [9.17, 15) is 9.59 Å². The minimum atomic E-state index is -0.280. The number of hydrogen-bond donors (Lipinski definition) is 1. The number of hydrogen-bond acceptors (Lipinski definition) is 4. The fraction of sp³-hybridized carbons (Fsp3) is 0.417. The summed E-state index contributed by atoms with van der Waals surface area (Å²) in [6.07, 6.45) is 5.72. The van der Waals surface area contributed by atoms with Crippen LogP contribution >= 0.6 is 0 Å². The molecule has 3 heterocycles. The van der Waals surface area contributed by atoms with Crippen molar-refractivity contribution >= 4 is 23.1 Å². The number of carbonyl (C=O) groups is 2. The Morgan fingerprint density at radius 1 is 1.13 bits per heavy atom. The molecule has 160 valence electrons. The molecule has 7 heteroatoms. The van der Waals surface area contributed by atoms with Gasteiger partial charge in [-0.15, -0.1) is 0 Å². The van der Waals surface area contributed by atoms with Crippen molar-refractivity contribution in [2.45, 2.75) is 52.0 Å². The van der Waals surface area contributed by atoms with Crippen LogP contribution in [0.15, 0.2) is 42.6 Å². The molecule has 0 unspecified atom stereocenters. The first-order valence-corrected chi connectivity index (χ1v) is 11.0. The van der Waals surface area contributed by atoms with Gasteiger partial charge in [0.15, 0.2) is 5.65 Å². The Balaban J connectivity index is 1.26. The van der Waals surface area contributed by atoms with Crippen molar-refractivity contribution in [1.82, 2.24) is 19.9 Å². The zero-order valence-electron chi connectivity index (χ0n) is 18.0. The minimum Gasteiger partial charge on any atom is -0.349 e. The van der Waals surface area contributed by atoms with E-state index >= 15 is 0 Å². The van der Waals surface area contributed by atoms with E-state index in [4.69, 9.17) is 0 Å². The van der Waals surface area contributed by atoms with E-state index in [0.29, 0.717) is 11.2 Å². The molecule has 1 spiro atoms. The molecule has 2 fully saturated rings. The molecular weight excluding hydrogens is 390 g/mol. The topological polar surface area (TPSA) is 79.6 Å². The van der Waals surface area contributed by atoms with Gasteiger partial charge in [-0.1, -0.05) is 18.2 Å². The van der Waals surface area contributed by atoms with Gasteiger partial charge in [0.2, 0.25) is 5.91 Å². The smallest absolute Gasteiger partial charge is 0.256 e. The lowest BCUT2D eigenvalue weighted by molar-refractivity contribution is -0.127. The normalized spacial score (nSPS) is 23.6. The number of aryl methyl sites for hydroxylation is 2. The first-order chi connectivity index (χ1) is 15.0. The van der Waals surface area contributed by atoms with Gasteiger partial charge in [0.25, 0.3) is 5.91 Å². The SMILES string of the molecule is Cc1cc(C)n2ncc(C(=O)NC3CCC4(CC3)CCN(c3ccccc3)C4=O)c2n1. The fourth-order valence-corrected chi connectivity index (χ4v) is 5.15. The molecule has 0 radical (unpaired) electrons. The minimum absolute atomic E-state index is 0.0672. The average molecular weight is 418 g/mol. The van der Waals surface area contributed by atoms with Crippen LogP contribution in [0.4, 0.5) is 5.69 Å². The van der Waals surface area contributed by atoms with E-state index in [0.717, 1.165) is 55.7 Å². The molecule has 1 aliphatic carbocycles. The van der Waals surface area contributed by atoms with Crippen LogP contribution in [0.25, 0.3) is 5.65 Å². The van der Waals surface area contributed by atoms with E-state index < -0.39 is 0 Å². The molecule has 0 bridgehead atoms. The number of anilines is 1. The maximum Gasteiger partial charge on any atom is 0.256 e. The molecule has 7 nitrogen and oxygen atoms in total. The molecule has 3 aromatic rings. The lowest BCUT2D eigenvalue weighted by atomic mass is 9.71. The van der Waals surface area contributed by atoms with Gasteiger partial charge in [-0.3, -0.25) is 9.59 Å². The van der Waals surface area contributed by atoms with E-state index in [2.05, 4.69) is 15.4 Å². The van der Waals surface area contributed by atoms with E-state index in [-0.39, 0.29) is 23.3 Å². The number of nitrogens with zero attached hydrogens (tertiary/aromatic N) is 4. The van der Waals surface area contributed by atoms with Crippen molar-refractivity contribution in [2.24, 2.45) is 5.41 Å². The van der Waals surface area contributed by atoms with Gasteiger partial charge < -0.3 is 10.2 Å². The van der Waals surface area contributed by atoms with E-state index in [1.807, 2.05) is 55.1 Å². The first kappa shape index (κ1) is 19.7. The van der Waals surface area contributed by atoms with E-state index in [1.165, 1.54) is 0 Å². The number of benzene rings is 1. The molecule has 2 amide bonds. The van der Waals surface area contributed by atoms with Gasteiger partial charge in [0.05, 0.1) is 11.6 Å². The molecule has 2 aliphatic rings. The maximum absolute atomic E-state index is 13.2. The van der Waals surface area contributed by atoms with Gasteiger partial charge in [0, 0.05) is 29.7 Å². The third-order valence-corrected chi connectivity index (χ3v) is 6.88. The molecule has 31 heavy (non-hydrogen) atoms. The second kappa shape index (κ2) is 7.48. The predicted octanol–water partition coefficient (Wildman–Crippen LogP) is 3.44. The summed E-state index contributed by atoms with van der Waals surface area (Å²) < 4.78 is 1.70. The predicted molar refractivity (Wildman–Crippen MR) is 118 cm³/mol. The van der Waals surface area contributed by atoms with Crippen molar-refractivity contribution in [3.8, 4) is 0 Å². The number of fused-ring (bicyclic) bond motifs is 1.